The standard InChI is InChI=1S/C27H35F/c1-3-5-20-7-9-21(10-8-20)24-14-15-26(27(28)18-24)25-13-12-22-16-19(4-2)6-11-23(22)17-25/h6,11,14-16,18,20-21,25H,3-5,7-10,12-13,17H2,1-2H3. The first-order valence-corrected chi connectivity index (χ1v) is 11.6. The van der Waals surface area contributed by atoms with Gasteiger partial charge in [-0.1, -0.05) is 57.0 Å². The second-order valence-electron chi connectivity index (χ2n) is 9.18. The van der Waals surface area contributed by atoms with Crippen molar-refractivity contribution in [3.8, 4) is 0 Å². The van der Waals surface area contributed by atoms with Crippen molar-refractivity contribution in [3.05, 3.63) is 70.0 Å². The first kappa shape index (κ1) is 19.7. The van der Waals surface area contributed by atoms with Crippen LogP contribution in [0.4, 0.5) is 4.39 Å². The third-order valence-corrected chi connectivity index (χ3v) is 7.39. The van der Waals surface area contributed by atoms with Gasteiger partial charge in [0.2, 0.25) is 0 Å². The molecule has 28 heavy (non-hydrogen) atoms. The van der Waals surface area contributed by atoms with Crippen molar-refractivity contribution in [3.63, 3.8) is 0 Å². The van der Waals surface area contributed by atoms with Crippen LogP contribution in [0.1, 0.15) is 98.4 Å². The summed E-state index contributed by atoms with van der Waals surface area (Å²) in [6.45, 7) is 4.49. The van der Waals surface area contributed by atoms with Crippen molar-refractivity contribution in [2.75, 3.05) is 0 Å². The van der Waals surface area contributed by atoms with Crippen LogP contribution in [0.3, 0.4) is 0 Å². The van der Waals surface area contributed by atoms with Crippen LogP contribution in [0, 0.1) is 11.7 Å². The lowest BCUT2D eigenvalue weighted by Gasteiger charge is -2.29. The molecule has 1 fully saturated rings. The Labute approximate surface area is 170 Å². The molecule has 0 spiro atoms. The quantitative estimate of drug-likeness (QED) is 0.499. The maximum Gasteiger partial charge on any atom is 0.126 e. The summed E-state index contributed by atoms with van der Waals surface area (Å²) in [6, 6.07) is 13.1. The van der Waals surface area contributed by atoms with E-state index in [-0.39, 0.29) is 5.82 Å². The van der Waals surface area contributed by atoms with Crippen molar-refractivity contribution in [2.45, 2.75) is 89.9 Å². The highest BCUT2D eigenvalue weighted by Gasteiger charge is 2.25. The fourth-order valence-corrected chi connectivity index (χ4v) is 5.61. The molecule has 4 rings (SSSR count). The van der Waals surface area contributed by atoms with E-state index in [1.54, 1.807) is 0 Å². The highest BCUT2D eigenvalue weighted by Crippen LogP contribution is 2.39. The lowest BCUT2D eigenvalue weighted by Crippen LogP contribution is -2.16. The normalized spacial score (nSPS) is 24.8. The Kier molecular flexibility index (Phi) is 6.19. The summed E-state index contributed by atoms with van der Waals surface area (Å²) in [4.78, 5) is 0. The molecule has 1 unspecified atom stereocenters. The number of rotatable bonds is 5. The maximum absolute atomic E-state index is 15.1. The van der Waals surface area contributed by atoms with Crippen molar-refractivity contribution in [2.24, 2.45) is 5.92 Å². The predicted molar refractivity (Wildman–Crippen MR) is 117 cm³/mol. The highest BCUT2D eigenvalue weighted by molar-refractivity contribution is 5.38. The maximum atomic E-state index is 15.1. The van der Waals surface area contributed by atoms with Crippen molar-refractivity contribution < 1.29 is 4.39 Å². The molecule has 2 aromatic carbocycles. The van der Waals surface area contributed by atoms with Crippen LogP contribution < -0.4 is 0 Å². The average molecular weight is 379 g/mol. The van der Waals surface area contributed by atoms with Gasteiger partial charge in [0.05, 0.1) is 0 Å². The minimum Gasteiger partial charge on any atom is -0.207 e. The van der Waals surface area contributed by atoms with Crippen LogP contribution in [0.2, 0.25) is 0 Å². The number of halogens is 1. The van der Waals surface area contributed by atoms with Crippen LogP contribution in [-0.2, 0) is 19.3 Å². The zero-order valence-electron chi connectivity index (χ0n) is 17.6. The van der Waals surface area contributed by atoms with E-state index in [1.807, 2.05) is 6.07 Å². The molecule has 2 aliphatic rings. The minimum absolute atomic E-state index is 0.0341. The lowest BCUT2D eigenvalue weighted by atomic mass is 9.76. The molecule has 0 saturated heterocycles. The van der Waals surface area contributed by atoms with E-state index in [4.69, 9.17) is 0 Å². The van der Waals surface area contributed by atoms with Crippen molar-refractivity contribution in [1.29, 1.82) is 0 Å². The molecule has 1 saturated carbocycles. The molecule has 0 aromatic heterocycles. The monoisotopic (exact) mass is 378 g/mol. The second kappa shape index (κ2) is 8.80. The Hall–Kier alpha value is -1.63. The fraction of sp³-hybridized carbons (Fsp3) is 0.556. The molecule has 2 aliphatic carbocycles. The Morgan fingerprint density at radius 3 is 2.39 bits per heavy atom. The fourth-order valence-electron chi connectivity index (χ4n) is 5.61. The van der Waals surface area contributed by atoms with Gasteiger partial charge in [-0.2, -0.15) is 0 Å². The van der Waals surface area contributed by atoms with Crippen molar-refractivity contribution in [1.82, 2.24) is 0 Å². The highest BCUT2D eigenvalue weighted by atomic mass is 19.1. The molecular formula is C27H35F. The van der Waals surface area contributed by atoms with E-state index in [0.29, 0.717) is 11.8 Å². The SMILES string of the molecule is CCCC1CCC(c2ccc(C3CCc4cc(CC)ccc4C3)c(F)c2)CC1. The summed E-state index contributed by atoms with van der Waals surface area (Å²) in [7, 11) is 0. The Morgan fingerprint density at radius 1 is 0.857 bits per heavy atom. The topological polar surface area (TPSA) is 0 Å². The van der Waals surface area contributed by atoms with E-state index in [1.165, 1.54) is 60.8 Å². The first-order valence-electron chi connectivity index (χ1n) is 11.6. The van der Waals surface area contributed by atoms with Gasteiger partial charge < -0.3 is 0 Å². The molecule has 1 atom stereocenters. The Bertz CT molecular complexity index is 798. The molecule has 0 N–H and O–H groups in total. The molecular weight excluding hydrogens is 343 g/mol. The van der Waals surface area contributed by atoms with E-state index in [9.17, 15) is 0 Å². The van der Waals surface area contributed by atoms with Gasteiger partial charge in [0.1, 0.15) is 5.82 Å². The first-order chi connectivity index (χ1) is 13.7. The molecule has 0 heterocycles. The van der Waals surface area contributed by atoms with Gasteiger partial charge in [-0.15, -0.1) is 0 Å². The van der Waals surface area contributed by atoms with Gasteiger partial charge in [-0.05, 0) is 103 Å². The van der Waals surface area contributed by atoms with Gasteiger partial charge in [-0.3, -0.25) is 0 Å². The summed E-state index contributed by atoms with van der Waals surface area (Å²) in [6.07, 6.45) is 12.0. The van der Waals surface area contributed by atoms with E-state index >= 15 is 4.39 Å². The molecule has 0 bridgehead atoms. The van der Waals surface area contributed by atoms with Crippen molar-refractivity contribution >= 4 is 0 Å². The molecule has 0 amide bonds. The summed E-state index contributed by atoms with van der Waals surface area (Å²) in [5, 5.41) is 0. The lowest BCUT2D eigenvalue weighted by molar-refractivity contribution is 0.308. The molecule has 0 radical (unpaired) electrons. The van der Waals surface area contributed by atoms with Crippen LogP contribution in [0.15, 0.2) is 36.4 Å². The largest absolute Gasteiger partial charge is 0.207 e. The predicted octanol–water partition coefficient (Wildman–Crippen LogP) is 7.73. The number of fused-ring (bicyclic) bond motifs is 1. The summed E-state index contributed by atoms with van der Waals surface area (Å²) in [5.41, 5.74) is 6.50. The Balaban J connectivity index is 1.45. The molecule has 1 heteroatoms. The van der Waals surface area contributed by atoms with Gasteiger partial charge in [0, 0.05) is 0 Å². The molecule has 2 aromatic rings. The van der Waals surface area contributed by atoms with Gasteiger partial charge in [0.25, 0.3) is 0 Å². The van der Waals surface area contributed by atoms with Crippen LogP contribution in [0.5, 0.6) is 0 Å². The smallest absolute Gasteiger partial charge is 0.126 e. The third-order valence-electron chi connectivity index (χ3n) is 7.39. The van der Waals surface area contributed by atoms with E-state index < -0.39 is 0 Å². The minimum atomic E-state index is 0.0341. The Morgan fingerprint density at radius 2 is 1.68 bits per heavy atom. The summed E-state index contributed by atoms with van der Waals surface area (Å²) in [5.74, 6) is 1.83. The number of aryl methyl sites for hydroxylation is 2. The van der Waals surface area contributed by atoms with Crippen LogP contribution in [-0.4, -0.2) is 0 Å². The molecule has 0 nitrogen and oxygen atoms in total. The number of hydrogen-bond acceptors (Lipinski definition) is 0. The van der Waals surface area contributed by atoms with Gasteiger partial charge in [-0.25, -0.2) is 4.39 Å². The van der Waals surface area contributed by atoms with E-state index in [2.05, 4.69) is 44.2 Å². The zero-order valence-corrected chi connectivity index (χ0v) is 17.6. The number of benzene rings is 2. The molecule has 0 aliphatic heterocycles. The summed E-state index contributed by atoms with van der Waals surface area (Å²) >= 11 is 0. The van der Waals surface area contributed by atoms with Crippen LogP contribution in [0.25, 0.3) is 0 Å². The third kappa shape index (κ3) is 4.19. The average Bonchev–Trinajstić information content (AvgIpc) is 2.73. The summed E-state index contributed by atoms with van der Waals surface area (Å²) < 4.78 is 15.1. The van der Waals surface area contributed by atoms with E-state index in [0.717, 1.165) is 37.2 Å². The van der Waals surface area contributed by atoms with Gasteiger partial charge >= 0.3 is 0 Å². The number of hydrogen-bond donors (Lipinski definition) is 0. The van der Waals surface area contributed by atoms with Crippen LogP contribution >= 0.6 is 0 Å². The van der Waals surface area contributed by atoms with Gasteiger partial charge in [0.15, 0.2) is 0 Å². The zero-order chi connectivity index (χ0) is 19.5. The molecule has 150 valence electrons. The second-order valence-corrected chi connectivity index (χ2v) is 9.18.